The van der Waals surface area contributed by atoms with Crippen molar-refractivity contribution >= 4 is 5.82 Å². The average molecular weight is 301 g/mol. The Morgan fingerprint density at radius 1 is 1.41 bits per heavy atom. The van der Waals surface area contributed by atoms with E-state index >= 15 is 0 Å². The Bertz CT molecular complexity index is 639. The highest BCUT2D eigenvalue weighted by atomic mass is 16.5. The van der Waals surface area contributed by atoms with Crippen LogP contribution < -0.4 is 5.32 Å². The van der Waals surface area contributed by atoms with Crippen LogP contribution in [0.15, 0.2) is 24.4 Å². The summed E-state index contributed by atoms with van der Waals surface area (Å²) >= 11 is 0. The molecule has 6 nitrogen and oxygen atoms in total. The number of pyridine rings is 1. The number of aryl methyl sites for hydroxylation is 1. The predicted octanol–water partition coefficient (Wildman–Crippen LogP) is 1.74. The van der Waals surface area contributed by atoms with Crippen molar-refractivity contribution < 1.29 is 4.74 Å². The van der Waals surface area contributed by atoms with E-state index in [1.54, 1.807) is 0 Å². The van der Waals surface area contributed by atoms with Gasteiger partial charge in [0.05, 0.1) is 18.5 Å². The Morgan fingerprint density at radius 3 is 3.00 bits per heavy atom. The number of nitrogens with one attached hydrogen (secondary N) is 1. The molecule has 1 N–H and O–H groups in total. The number of aromatic nitrogens is 3. The number of nitrogens with zero attached hydrogens (tertiary/aromatic N) is 4. The number of anilines is 1. The van der Waals surface area contributed by atoms with E-state index < -0.39 is 0 Å². The van der Waals surface area contributed by atoms with E-state index in [1.165, 1.54) is 11.3 Å². The molecule has 2 aromatic rings. The van der Waals surface area contributed by atoms with Crippen LogP contribution in [0.5, 0.6) is 0 Å². The van der Waals surface area contributed by atoms with E-state index in [1.807, 2.05) is 43.2 Å². The summed E-state index contributed by atoms with van der Waals surface area (Å²) in [5.41, 5.74) is 3.48. The third kappa shape index (κ3) is 3.13. The van der Waals surface area contributed by atoms with Crippen molar-refractivity contribution in [1.29, 1.82) is 0 Å². The molecule has 1 atom stereocenters. The lowest BCUT2D eigenvalue weighted by Gasteiger charge is -2.32. The van der Waals surface area contributed by atoms with Gasteiger partial charge in [-0.3, -0.25) is 9.58 Å². The molecular weight excluding hydrogens is 278 g/mol. The third-order valence-corrected chi connectivity index (χ3v) is 4.24. The zero-order valence-corrected chi connectivity index (χ0v) is 13.4. The number of rotatable bonds is 4. The van der Waals surface area contributed by atoms with Crippen LogP contribution in [0.2, 0.25) is 0 Å². The normalized spacial score (nSPS) is 19.3. The molecule has 0 spiro atoms. The topological polar surface area (TPSA) is 55.2 Å². The highest BCUT2D eigenvalue weighted by Crippen LogP contribution is 2.23. The van der Waals surface area contributed by atoms with Gasteiger partial charge in [-0.25, -0.2) is 4.98 Å². The first kappa shape index (κ1) is 15.0. The van der Waals surface area contributed by atoms with Gasteiger partial charge in [0.2, 0.25) is 0 Å². The fourth-order valence-electron chi connectivity index (χ4n) is 2.74. The molecule has 1 aliphatic rings. The molecule has 0 aromatic carbocycles. The third-order valence-electron chi connectivity index (χ3n) is 4.24. The first-order valence-electron chi connectivity index (χ1n) is 7.63. The Labute approximate surface area is 131 Å². The van der Waals surface area contributed by atoms with Gasteiger partial charge in [0.25, 0.3) is 0 Å². The van der Waals surface area contributed by atoms with Crippen LogP contribution in [0.4, 0.5) is 5.82 Å². The monoisotopic (exact) mass is 301 g/mol. The molecule has 6 heteroatoms. The van der Waals surface area contributed by atoms with Crippen LogP contribution in [0, 0.1) is 6.92 Å². The van der Waals surface area contributed by atoms with Gasteiger partial charge >= 0.3 is 0 Å². The van der Waals surface area contributed by atoms with Crippen molar-refractivity contribution in [3.63, 3.8) is 0 Å². The Kier molecular flexibility index (Phi) is 4.40. The van der Waals surface area contributed by atoms with E-state index in [0.29, 0.717) is 0 Å². The molecule has 3 heterocycles. The lowest BCUT2D eigenvalue weighted by atomic mass is 10.1. The molecule has 3 rings (SSSR count). The first-order valence-corrected chi connectivity index (χ1v) is 7.63. The van der Waals surface area contributed by atoms with Crippen LogP contribution in [-0.4, -0.2) is 46.4 Å². The lowest BCUT2D eigenvalue weighted by Crippen LogP contribution is -2.38. The Balaban J connectivity index is 1.70. The molecule has 0 aliphatic carbocycles. The van der Waals surface area contributed by atoms with E-state index in [4.69, 9.17) is 4.74 Å². The van der Waals surface area contributed by atoms with Crippen LogP contribution in [0.3, 0.4) is 0 Å². The van der Waals surface area contributed by atoms with E-state index in [0.717, 1.165) is 37.8 Å². The van der Waals surface area contributed by atoms with Gasteiger partial charge in [-0.05, 0) is 19.1 Å². The standard InChI is InChI=1S/C16H23N5O/c1-12-13(9-18-20(12)3)10-21-7-8-22-15(11-21)14-5-4-6-16(17-2)19-14/h4-6,9,15H,7-8,10-11H2,1-3H3,(H,17,19)/t15-/m0/s1. The second-order valence-electron chi connectivity index (χ2n) is 5.67. The molecule has 0 saturated carbocycles. The first-order chi connectivity index (χ1) is 10.7. The van der Waals surface area contributed by atoms with Crippen LogP contribution in [-0.2, 0) is 18.3 Å². The quantitative estimate of drug-likeness (QED) is 0.932. The molecule has 0 radical (unpaired) electrons. The molecule has 0 amide bonds. The molecule has 1 aliphatic heterocycles. The SMILES string of the molecule is CNc1cccc([C@@H]2CN(Cc3cnn(C)c3C)CCO2)n1. The summed E-state index contributed by atoms with van der Waals surface area (Å²) in [7, 11) is 3.86. The van der Waals surface area contributed by atoms with Gasteiger partial charge in [0.1, 0.15) is 11.9 Å². The van der Waals surface area contributed by atoms with Crippen molar-refractivity contribution in [2.45, 2.75) is 19.6 Å². The van der Waals surface area contributed by atoms with Gasteiger partial charge in [-0.15, -0.1) is 0 Å². The highest BCUT2D eigenvalue weighted by molar-refractivity contribution is 5.34. The molecule has 0 bridgehead atoms. The van der Waals surface area contributed by atoms with Crippen molar-refractivity contribution in [3.8, 4) is 0 Å². The maximum Gasteiger partial charge on any atom is 0.126 e. The van der Waals surface area contributed by atoms with E-state index in [9.17, 15) is 0 Å². The fraction of sp³-hybridized carbons (Fsp3) is 0.500. The second kappa shape index (κ2) is 6.46. The summed E-state index contributed by atoms with van der Waals surface area (Å²) < 4.78 is 7.84. The molecule has 2 aromatic heterocycles. The average Bonchev–Trinajstić information content (AvgIpc) is 2.87. The summed E-state index contributed by atoms with van der Waals surface area (Å²) in [5, 5.41) is 7.40. The summed E-state index contributed by atoms with van der Waals surface area (Å²) in [5.74, 6) is 0.876. The van der Waals surface area contributed by atoms with Crippen LogP contribution in [0.1, 0.15) is 23.1 Å². The fourth-order valence-corrected chi connectivity index (χ4v) is 2.74. The highest BCUT2D eigenvalue weighted by Gasteiger charge is 2.24. The minimum atomic E-state index is 0.0269. The Morgan fingerprint density at radius 2 is 2.27 bits per heavy atom. The summed E-state index contributed by atoms with van der Waals surface area (Å²) in [6.07, 6.45) is 1.98. The maximum atomic E-state index is 5.91. The molecule has 0 unspecified atom stereocenters. The van der Waals surface area contributed by atoms with E-state index in [-0.39, 0.29) is 6.10 Å². The van der Waals surface area contributed by atoms with Gasteiger partial charge in [0.15, 0.2) is 0 Å². The van der Waals surface area contributed by atoms with E-state index in [2.05, 4.69) is 27.2 Å². The van der Waals surface area contributed by atoms with Crippen LogP contribution in [0.25, 0.3) is 0 Å². The maximum absolute atomic E-state index is 5.91. The zero-order valence-electron chi connectivity index (χ0n) is 13.4. The number of hydrogen-bond acceptors (Lipinski definition) is 5. The zero-order chi connectivity index (χ0) is 15.5. The smallest absolute Gasteiger partial charge is 0.126 e. The largest absolute Gasteiger partial charge is 0.373 e. The summed E-state index contributed by atoms with van der Waals surface area (Å²) in [6, 6.07) is 6.01. The lowest BCUT2D eigenvalue weighted by molar-refractivity contribution is -0.0349. The van der Waals surface area contributed by atoms with Crippen molar-refractivity contribution in [2.24, 2.45) is 7.05 Å². The summed E-state index contributed by atoms with van der Waals surface area (Å²) in [6.45, 7) is 5.55. The molecule has 1 saturated heterocycles. The second-order valence-corrected chi connectivity index (χ2v) is 5.67. The molecular formula is C16H23N5O. The molecule has 1 fully saturated rings. The number of hydrogen-bond donors (Lipinski definition) is 1. The van der Waals surface area contributed by atoms with Gasteiger partial charge in [-0.2, -0.15) is 5.10 Å². The molecule has 22 heavy (non-hydrogen) atoms. The van der Waals surface area contributed by atoms with Crippen molar-refractivity contribution in [1.82, 2.24) is 19.7 Å². The van der Waals surface area contributed by atoms with Gasteiger partial charge < -0.3 is 10.1 Å². The predicted molar refractivity (Wildman–Crippen MR) is 85.7 cm³/mol. The molecule has 118 valence electrons. The summed E-state index contributed by atoms with van der Waals surface area (Å²) in [4.78, 5) is 7.01. The van der Waals surface area contributed by atoms with Gasteiger partial charge in [-0.1, -0.05) is 6.07 Å². The Hall–Kier alpha value is -1.92. The van der Waals surface area contributed by atoms with Crippen molar-refractivity contribution in [3.05, 3.63) is 41.3 Å². The minimum Gasteiger partial charge on any atom is -0.373 e. The number of ether oxygens (including phenoxy) is 1. The minimum absolute atomic E-state index is 0.0269. The van der Waals surface area contributed by atoms with Gasteiger partial charge in [0, 0.05) is 45.0 Å². The van der Waals surface area contributed by atoms with Crippen LogP contribution >= 0.6 is 0 Å². The number of morpholine rings is 1. The van der Waals surface area contributed by atoms with Crippen molar-refractivity contribution in [2.75, 3.05) is 32.1 Å².